The maximum atomic E-state index is 10.9. The summed E-state index contributed by atoms with van der Waals surface area (Å²) in [7, 11) is 0. The fourth-order valence-electron chi connectivity index (χ4n) is 2.13. The van der Waals surface area contributed by atoms with Gasteiger partial charge in [0.15, 0.2) is 0 Å². The summed E-state index contributed by atoms with van der Waals surface area (Å²) in [4.78, 5) is 14.0. The number of fused-ring (bicyclic) bond motifs is 1. The molecule has 4 nitrogen and oxygen atoms in total. The van der Waals surface area contributed by atoms with E-state index in [1.165, 1.54) is 0 Å². The normalized spacial score (nSPS) is 10.7. The minimum atomic E-state index is -0.939. The molecule has 0 radical (unpaired) electrons. The van der Waals surface area contributed by atoms with Gasteiger partial charge in [0.2, 0.25) is 0 Å². The van der Waals surface area contributed by atoms with E-state index in [2.05, 4.69) is 4.98 Å². The monoisotopic (exact) mass is 301 g/mol. The molecule has 0 saturated carbocycles. The van der Waals surface area contributed by atoms with Crippen LogP contribution < -0.4 is 4.74 Å². The van der Waals surface area contributed by atoms with E-state index in [1.807, 2.05) is 6.20 Å². The number of hydrogen-bond acceptors (Lipinski definition) is 2. The highest BCUT2D eigenvalue weighted by atomic mass is 35.5. The molecule has 0 aliphatic rings. The van der Waals surface area contributed by atoms with Crippen LogP contribution in [0.5, 0.6) is 5.75 Å². The molecule has 0 aliphatic heterocycles. The molecule has 0 amide bonds. The van der Waals surface area contributed by atoms with Crippen LogP contribution in [-0.2, 0) is 6.61 Å². The predicted molar refractivity (Wildman–Crippen MR) is 81.0 cm³/mol. The summed E-state index contributed by atoms with van der Waals surface area (Å²) in [6.07, 6.45) is 1.83. The maximum Gasteiger partial charge on any atom is 0.335 e. The quantitative estimate of drug-likeness (QED) is 0.762. The molecule has 0 atom stereocenters. The van der Waals surface area contributed by atoms with E-state index in [0.29, 0.717) is 11.6 Å². The zero-order valence-electron chi connectivity index (χ0n) is 11.0. The second-order valence-electron chi connectivity index (χ2n) is 4.62. The molecule has 0 aliphatic carbocycles. The number of halogens is 1. The number of rotatable bonds is 4. The first-order chi connectivity index (χ1) is 10.1. The Hall–Kier alpha value is -2.46. The molecular formula is C16H12ClNO3. The Bertz CT molecular complexity index is 793. The van der Waals surface area contributed by atoms with Gasteiger partial charge in [-0.3, -0.25) is 0 Å². The van der Waals surface area contributed by atoms with Crippen molar-refractivity contribution in [2.24, 2.45) is 0 Å². The Morgan fingerprint density at radius 2 is 1.95 bits per heavy atom. The fourth-order valence-corrected chi connectivity index (χ4v) is 2.26. The summed E-state index contributed by atoms with van der Waals surface area (Å²) in [5.41, 5.74) is 2.01. The van der Waals surface area contributed by atoms with Gasteiger partial charge in [0, 0.05) is 27.7 Å². The van der Waals surface area contributed by atoms with E-state index >= 15 is 0 Å². The molecule has 0 unspecified atom stereocenters. The van der Waals surface area contributed by atoms with Gasteiger partial charge in [-0.1, -0.05) is 17.7 Å². The standard InChI is InChI=1S/C16H12ClNO3/c17-12-2-4-13(5-3-12)21-9-11-8-18-15-7-10(16(19)20)1-6-14(11)15/h1-8,18H,9H2,(H,19,20). The van der Waals surface area contributed by atoms with Gasteiger partial charge in [0.25, 0.3) is 0 Å². The number of aromatic nitrogens is 1. The van der Waals surface area contributed by atoms with Crippen LogP contribution in [0.3, 0.4) is 0 Å². The molecule has 1 heterocycles. The highest BCUT2D eigenvalue weighted by Gasteiger charge is 2.08. The second kappa shape index (κ2) is 5.50. The van der Waals surface area contributed by atoms with E-state index in [4.69, 9.17) is 21.4 Å². The van der Waals surface area contributed by atoms with E-state index in [-0.39, 0.29) is 5.56 Å². The van der Waals surface area contributed by atoms with E-state index in [1.54, 1.807) is 42.5 Å². The summed E-state index contributed by atoms with van der Waals surface area (Å²) >= 11 is 5.82. The Morgan fingerprint density at radius 1 is 1.19 bits per heavy atom. The van der Waals surface area contributed by atoms with E-state index < -0.39 is 5.97 Å². The number of carboxylic acids is 1. The molecule has 1 aromatic heterocycles. The van der Waals surface area contributed by atoms with Gasteiger partial charge in [0.05, 0.1) is 5.56 Å². The fraction of sp³-hybridized carbons (Fsp3) is 0.0625. The third-order valence-corrected chi connectivity index (χ3v) is 3.47. The van der Waals surface area contributed by atoms with Gasteiger partial charge in [0.1, 0.15) is 12.4 Å². The third-order valence-electron chi connectivity index (χ3n) is 3.22. The maximum absolute atomic E-state index is 10.9. The van der Waals surface area contributed by atoms with Crippen molar-refractivity contribution in [1.82, 2.24) is 4.98 Å². The Balaban J connectivity index is 1.81. The zero-order chi connectivity index (χ0) is 14.8. The Morgan fingerprint density at radius 3 is 2.67 bits per heavy atom. The predicted octanol–water partition coefficient (Wildman–Crippen LogP) is 4.10. The molecule has 0 fully saturated rings. The molecule has 21 heavy (non-hydrogen) atoms. The number of hydrogen-bond donors (Lipinski definition) is 2. The highest BCUT2D eigenvalue weighted by molar-refractivity contribution is 6.30. The van der Waals surface area contributed by atoms with Gasteiger partial charge < -0.3 is 14.8 Å². The lowest BCUT2D eigenvalue weighted by molar-refractivity contribution is 0.0697. The number of ether oxygens (including phenoxy) is 1. The lowest BCUT2D eigenvalue weighted by Gasteiger charge is -2.05. The SMILES string of the molecule is O=C(O)c1ccc2c(COc3ccc(Cl)cc3)c[nH]c2c1. The summed E-state index contributed by atoms with van der Waals surface area (Å²) in [5, 5.41) is 10.6. The van der Waals surface area contributed by atoms with Gasteiger partial charge in [-0.25, -0.2) is 4.79 Å². The molecule has 0 bridgehead atoms. The number of aromatic carboxylic acids is 1. The zero-order valence-corrected chi connectivity index (χ0v) is 11.7. The van der Waals surface area contributed by atoms with Gasteiger partial charge >= 0.3 is 5.97 Å². The van der Waals surface area contributed by atoms with Crippen molar-refractivity contribution in [1.29, 1.82) is 0 Å². The van der Waals surface area contributed by atoms with Crippen molar-refractivity contribution in [2.75, 3.05) is 0 Å². The van der Waals surface area contributed by atoms with Crippen molar-refractivity contribution in [2.45, 2.75) is 6.61 Å². The lowest BCUT2D eigenvalue weighted by atomic mass is 10.1. The topological polar surface area (TPSA) is 62.3 Å². The van der Waals surface area contributed by atoms with Crippen LogP contribution in [-0.4, -0.2) is 16.1 Å². The van der Waals surface area contributed by atoms with Crippen molar-refractivity contribution in [3.63, 3.8) is 0 Å². The van der Waals surface area contributed by atoms with Crippen molar-refractivity contribution in [3.05, 3.63) is 64.8 Å². The minimum absolute atomic E-state index is 0.259. The number of nitrogens with one attached hydrogen (secondary N) is 1. The van der Waals surface area contributed by atoms with Crippen molar-refractivity contribution in [3.8, 4) is 5.75 Å². The second-order valence-corrected chi connectivity index (χ2v) is 5.06. The largest absolute Gasteiger partial charge is 0.489 e. The highest BCUT2D eigenvalue weighted by Crippen LogP contribution is 2.22. The average molecular weight is 302 g/mol. The van der Waals surface area contributed by atoms with Crippen LogP contribution in [0.1, 0.15) is 15.9 Å². The molecular weight excluding hydrogens is 290 g/mol. The van der Waals surface area contributed by atoms with Crippen LogP contribution in [0.25, 0.3) is 10.9 Å². The number of benzene rings is 2. The van der Waals surface area contributed by atoms with Crippen molar-refractivity contribution < 1.29 is 14.6 Å². The van der Waals surface area contributed by atoms with Gasteiger partial charge in [-0.15, -0.1) is 0 Å². The minimum Gasteiger partial charge on any atom is -0.489 e. The summed E-state index contributed by atoms with van der Waals surface area (Å²) < 4.78 is 5.70. The Labute approximate surface area is 125 Å². The van der Waals surface area contributed by atoms with Crippen LogP contribution in [0.2, 0.25) is 5.02 Å². The summed E-state index contributed by atoms with van der Waals surface area (Å²) in [6, 6.07) is 12.1. The van der Waals surface area contributed by atoms with E-state index in [9.17, 15) is 4.79 Å². The average Bonchev–Trinajstić information content (AvgIpc) is 2.89. The van der Waals surface area contributed by atoms with Crippen LogP contribution in [0.15, 0.2) is 48.7 Å². The molecule has 0 saturated heterocycles. The Kier molecular flexibility index (Phi) is 3.54. The molecule has 2 N–H and O–H groups in total. The first-order valence-electron chi connectivity index (χ1n) is 6.35. The first-order valence-corrected chi connectivity index (χ1v) is 6.73. The lowest BCUT2D eigenvalue weighted by Crippen LogP contribution is -1.96. The third kappa shape index (κ3) is 2.85. The number of H-pyrrole nitrogens is 1. The van der Waals surface area contributed by atoms with E-state index in [0.717, 1.165) is 22.2 Å². The smallest absolute Gasteiger partial charge is 0.335 e. The molecule has 3 aromatic rings. The molecule has 2 aromatic carbocycles. The molecule has 3 rings (SSSR count). The number of carbonyl (C=O) groups is 1. The van der Waals surface area contributed by atoms with Gasteiger partial charge in [-0.2, -0.15) is 0 Å². The van der Waals surface area contributed by atoms with Crippen LogP contribution >= 0.6 is 11.6 Å². The summed E-state index contributed by atoms with van der Waals surface area (Å²) in [6.45, 7) is 0.397. The number of aromatic amines is 1. The summed E-state index contributed by atoms with van der Waals surface area (Å²) in [5.74, 6) is -0.207. The number of carboxylic acid groups (broad SMARTS) is 1. The molecule has 5 heteroatoms. The van der Waals surface area contributed by atoms with Crippen molar-refractivity contribution >= 4 is 28.5 Å². The van der Waals surface area contributed by atoms with Crippen LogP contribution in [0, 0.1) is 0 Å². The first kappa shape index (κ1) is 13.5. The van der Waals surface area contributed by atoms with Gasteiger partial charge in [-0.05, 0) is 36.4 Å². The molecule has 0 spiro atoms. The van der Waals surface area contributed by atoms with Crippen LogP contribution in [0.4, 0.5) is 0 Å². The molecule has 106 valence electrons.